The third kappa shape index (κ3) is 13.4. The molecule has 0 atom stereocenters. The maximum atomic E-state index is 12.2. The zero-order valence-electron chi connectivity index (χ0n) is 23.7. The van der Waals surface area contributed by atoms with Gasteiger partial charge in [0.15, 0.2) is 11.5 Å². The van der Waals surface area contributed by atoms with Crippen molar-refractivity contribution in [1.82, 2.24) is 0 Å². The number of rotatable bonds is 20. The number of aromatic hydroxyl groups is 3. The van der Waals surface area contributed by atoms with Crippen molar-refractivity contribution in [2.45, 2.75) is 149 Å². The lowest BCUT2D eigenvalue weighted by Gasteiger charge is -2.25. The number of phenolic OH excluding ortho intramolecular Hbond substituents is 3. The van der Waals surface area contributed by atoms with Crippen LogP contribution in [0.1, 0.15) is 148 Å². The molecular formula is C31H54O5. The van der Waals surface area contributed by atoms with Crippen LogP contribution in [0.15, 0.2) is 6.07 Å². The predicted octanol–water partition coefficient (Wildman–Crippen LogP) is 8.84. The predicted molar refractivity (Wildman–Crippen MR) is 149 cm³/mol. The fraction of sp³-hybridized carbons (Fsp3) is 0.774. The molecule has 1 aromatic carbocycles. The highest BCUT2D eigenvalue weighted by atomic mass is 16.5. The van der Waals surface area contributed by atoms with Crippen molar-refractivity contribution in [2.75, 3.05) is 6.61 Å². The Labute approximate surface area is 220 Å². The lowest BCUT2D eigenvalue weighted by molar-refractivity contribution is -0.143. The van der Waals surface area contributed by atoms with E-state index in [2.05, 4.69) is 6.92 Å². The molecule has 3 N–H and O–H groups in total. The highest BCUT2D eigenvalue weighted by Gasteiger charge is 2.26. The van der Waals surface area contributed by atoms with Gasteiger partial charge in [-0.25, -0.2) is 0 Å². The highest BCUT2D eigenvalue weighted by molar-refractivity contribution is 5.70. The van der Waals surface area contributed by atoms with Gasteiger partial charge < -0.3 is 20.1 Å². The summed E-state index contributed by atoms with van der Waals surface area (Å²) in [5, 5.41) is 30.1. The number of ether oxygens (including phenoxy) is 1. The van der Waals surface area contributed by atoms with Crippen molar-refractivity contribution in [3.8, 4) is 17.2 Å². The molecule has 0 saturated heterocycles. The average Bonchev–Trinajstić information content (AvgIpc) is 2.82. The summed E-state index contributed by atoms with van der Waals surface area (Å²) in [6, 6.07) is 1.43. The van der Waals surface area contributed by atoms with Crippen LogP contribution in [-0.4, -0.2) is 27.9 Å². The zero-order valence-corrected chi connectivity index (χ0v) is 23.7. The first kappa shape index (κ1) is 32.1. The molecule has 0 fully saturated rings. The maximum absolute atomic E-state index is 12.2. The van der Waals surface area contributed by atoms with Crippen LogP contribution < -0.4 is 0 Å². The fourth-order valence-corrected chi connectivity index (χ4v) is 4.88. The number of hydrogen-bond acceptors (Lipinski definition) is 5. The molecule has 0 radical (unpaired) electrons. The summed E-state index contributed by atoms with van der Waals surface area (Å²) in [5.74, 6) is -1.49. The van der Waals surface area contributed by atoms with Crippen LogP contribution in [0.2, 0.25) is 0 Å². The van der Waals surface area contributed by atoms with Crippen LogP contribution in [0.3, 0.4) is 0 Å². The van der Waals surface area contributed by atoms with Gasteiger partial charge in [-0.05, 0) is 29.9 Å². The van der Waals surface area contributed by atoms with E-state index in [0.29, 0.717) is 24.2 Å². The SMILES string of the molecule is CCCCCCCCCCCCCCCCCCOC(=O)CCc1cc(O)c(O)c(O)c1C(C)(C)C. The van der Waals surface area contributed by atoms with Crippen molar-refractivity contribution in [3.63, 3.8) is 0 Å². The monoisotopic (exact) mass is 506 g/mol. The summed E-state index contributed by atoms with van der Waals surface area (Å²) in [5.41, 5.74) is 0.750. The van der Waals surface area contributed by atoms with Gasteiger partial charge in [0, 0.05) is 12.0 Å². The Morgan fingerprint density at radius 1 is 0.722 bits per heavy atom. The second-order valence-electron chi connectivity index (χ2n) is 11.4. The number of aryl methyl sites for hydroxylation is 1. The Hall–Kier alpha value is -1.91. The zero-order chi connectivity index (χ0) is 26.8. The summed E-state index contributed by atoms with van der Waals surface area (Å²) in [6.07, 6.45) is 21.5. The van der Waals surface area contributed by atoms with Crippen LogP contribution in [0.5, 0.6) is 17.2 Å². The summed E-state index contributed by atoms with van der Waals surface area (Å²) in [4.78, 5) is 12.2. The van der Waals surface area contributed by atoms with Gasteiger partial charge in [0.05, 0.1) is 6.61 Å². The van der Waals surface area contributed by atoms with Gasteiger partial charge in [-0.1, -0.05) is 124 Å². The van der Waals surface area contributed by atoms with Gasteiger partial charge in [-0.2, -0.15) is 0 Å². The Bertz CT molecular complexity index is 735. The second-order valence-corrected chi connectivity index (χ2v) is 11.4. The van der Waals surface area contributed by atoms with Crippen molar-refractivity contribution in [1.29, 1.82) is 0 Å². The molecule has 1 rings (SSSR count). The minimum atomic E-state index is -0.519. The first-order valence-electron chi connectivity index (χ1n) is 14.6. The quantitative estimate of drug-likeness (QED) is 0.0934. The molecule has 0 aliphatic rings. The van der Waals surface area contributed by atoms with Crippen molar-refractivity contribution in [2.24, 2.45) is 0 Å². The normalized spacial score (nSPS) is 11.7. The van der Waals surface area contributed by atoms with Crippen LogP contribution >= 0.6 is 0 Å². The molecule has 0 bridgehead atoms. The Morgan fingerprint density at radius 2 is 1.17 bits per heavy atom. The first-order chi connectivity index (χ1) is 17.2. The molecule has 0 heterocycles. The Kier molecular flexibility index (Phi) is 16.4. The van der Waals surface area contributed by atoms with E-state index in [4.69, 9.17) is 4.74 Å². The number of phenols is 3. The number of hydrogen-bond donors (Lipinski definition) is 3. The van der Waals surface area contributed by atoms with E-state index in [1.807, 2.05) is 20.8 Å². The van der Waals surface area contributed by atoms with Crippen LogP contribution in [0.4, 0.5) is 0 Å². The molecule has 1 aromatic rings. The number of esters is 1. The third-order valence-corrected chi connectivity index (χ3v) is 6.95. The Balaban J connectivity index is 2.06. The van der Waals surface area contributed by atoms with E-state index in [-0.39, 0.29) is 23.9 Å². The topological polar surface area (TPSA) is 87.0 Å². The average molecular weight is 507 g/mol. The van der Waals surface area contributed by atoms with Gasteiger partial charge >= 0.3 is 5.97 Å². The van der Waals surface area contributed by atoms with Gasteiger partial charge in [0.25, 0.3) is 0 Å². The molecule has 0 aliphatic carbocycles. The summed E-state index contributed by atoms with van der Waals surface area (Å²) < 4.78 is 5.38. The van der Waals surface area contributed by atoms with E-state index in [9.17, 15) is 20.1 Å². The standard InChI is InChI=1S/C31H54O5/c1-5-6-7-8-9-10-11-12-13-14-15-16-17-18-19-20-23-36-27(33)22-21-25-24-26(32)29(34)30(35)28(25)31(2,3)4/h24,32,34-35H,5-23H2,1-4H3. The molecule has 36 heavy (non-hydrogen) atoms. The molecule has 0 saturated carbocycles. The fourth-order valence-electron chi connectivity index (χ4n) is 4.88. The van der Waals surface area contributed by atoms with E-state index in [0.717, 1.165) is 12.8 Å². The minimum Gasteiger partial charge on any atom is -0.504 e. The molecule has 0 spiro atoms. The largest absolute Gasteiger partial charge is 0.504 e. The van der Waals surface area contributed by atoms with E-state index < -0.39 is 11.2 Å². The molecule has 0 aliphatic heterocycles. The van der Waals surface area contributed by atoms with Crippen LogP contribution in [0.25, 0.3) is 0 Å². The molecule has 5 nitrogen and oxygen atoms in total. The number of carbonyl (C=O) groups is 1. The van der Waals surface area contributed by atoms with Crippen molar-refractivity contribution < 1.29 is 24.9 Å². The maximum Gasteiger partial charge on any atom is 0.306 e. The smallest absolute Gasteiger partial charge is 0.306 e. The summed E-state index contributed by atoms with van der Waals surface area (Å²) in [7, 11) is 0. The van der Waals surface area contributed by atoms with Crippen molar-refractivity contribution in [3.05, 3.63) is 17.2 Å². The van der Waals surface area contributed by atoms with E-state index >= 15 is 0 Å². The molecule has 0 aromatic heterocycles. The van der Waals surface area contributed by atoms with Crippen LogP contribution in [0, 0.1) is 0 Å². The lowest BCUT2D eigenvalue weighted by atomic mass is 9.81. The minimum absolute atomic E-state index is 0.172. The molecule has 208 valence electrons. The van der Waals surface area contributed by atoms with Gasteiger partial charge in [0.2, 0.25) is 5.75 Å². The van der Waals surface area contributed by atoms with Gasteiger partial charge in [0.1, 0.15) is 0 Å². The summed E-state index contributed by atoms with van der Waals surface area (Å²) >= 11 is 0. The first-order valence-corrected chi connectivity index (χ1v) is 14.6. The molecule has 0 unspecified atom stereocenters. The summed E-state index contributed by atoms with van der Waals surface area (Å²) in [6.45, 7) is 8.45. The molecule has 0 amide bonds. The van der Waals surface area contributed by atoms with Crippen LogP contribution in [-0.2, 0) is 21.4 Å². The van der Waals surface area contributed by atoms with Gasteiger partial charge in [-0.3, -0.25) is 4.79 Å². The third-order valence-electron chi connectivity index (χ3n) is 6.95. The number of unbranched alkanes of at least 4 members (excludes halogenated alkanes) is 15. The number of benzene rings is 1. The van der Waals surface area contributed by atoms with Crippen molar-refractivity contribution >= 4 is 5.97 Å². The van der Waals surface area contributed by atoms with Gasteiger partial charge in [-0.15, -0.1) is 0 Å². The molecule has 5 heteroatoms. The lowest BCUT2D eigenvalue weighted by Crippen LogP contribution is -2.16. The molecular weight excluding hydrogens is 452 g/mol. The highest BCUT2D eigenvalue weighted by Crippen LogP contribution is 2.45. The van der Waals surface area contributed by atoms with E-state index in [1.165, 1.54) is 96.0 Å². The Morgan fingerprint density at radius 3 is 1.61 bits per heavy atom. The van der Waals surface area contributed by atoms with E-state index in [1.54, 1.807) is 0 Å². The second kappa shape index (κ2) is 18.4. The number of carbonyl (C=O) groups excluding carboxylic acids is 1.